The Bertz CT molecular complexity index is 697. The fourth-order valence-electron chi connectivity index (χ4n) is 3.11. The van der Waals surface area contributed by atoms with Gasteiger partial charge in [0.25, 0.3) is 0 Å². The Morgan fingerprint density at radius 2 is 2.04 bits per heavy atom. The average Bonchev–Trinajstić information content (AvgIpc) is 3.03. The number of halogens is 1. The van der Waals surface area contributed by atoms with Crippen LogP contribution in [0.15, 0.2) is 17.8 Å². The number of anilines is 1. The fraction of sp³-hybridized carbons (Fsp3) is 0.562. The number of fused-ring (bicyclic) bond motifs is 1. The van der Waals surface area contributed by atoms with Crippen LogP contribution in [0.5, 0.6) is 0 Å². The molecule has 1 aliphatic rings. The second-order valence-corrected chi connectivity index (χ2v) is 7.20. The lowest BCUT2D eigenvalue weighted by molar-refractivity contribution is -0.137. The van der Waals surface area contributed by atoms with Gasteiger partial charge < -0.3 is 15.5 Å². The van der Waals surface area contributed by atoms with Crippen LogP contribution in [0, 0.1) is 0 Å². The summed E-state index contributed by atoms with van der Waals surface area (Å²) in [5.74, 6) is 1.03. The molecule has 132 valence electrons. The molecule has 0 aromatic carbocycles. The lowest BCUT2D eigenvalue weighted by Crippen LogP contribution is -2.58. The quantitative estimate of drug-likeness (QED) is 0.894. The van der Waals surface area contributed by atoms with Gasteiger partial charge in [0.05, 0.1) is 15.8 Å². The second kappa shape index (κ2) is 7.63. The van der Waals surface area contributed by atoms with Gasteiger partial charge in [-0.2, -0.15) is 0 Å². The lowest BCUT2D eigenvalue weighted by atomic mass is 9.95. The van der Waals surface area contributed by atoms with Crippen LogP contribution >= 0.6 is 23.7 Å². The van der Waals surface area contributed by atoms with E-state index in [-0.39, 0.29) is 18.3 Å². The Morgan fingerprint density at radius 3 is 2.71 bits per heavy atom. The summed E-state index contributed by atoms with van der Waals surface area (Å²) in [4.78, 5) is 25.4. The molecule has 2 N–H and O–H groups in total. The highest BCUT2D eigenvalue weighted by Gasteiger charge is 2.33. The summed E-state index contributed by atoms with van der Waals surface area (Å²) in [7, 11) is 0. The van der Waals surface area contributed by atoms with Crippen LogP contribution in [0.1, 0.15) is 26.7 Å². The minimum absolute atomic E-state index is 0. The SMILES string of the molecule is CCCC(C)(N)C(=O)N1CCN(c2ncnc3ccsc23)CC1.Cl. The number of nitrogens with two attached hydrogens (primary N) is 1. The molecule has 1 fully saturated rings. The molecule has 1 atom stereocenters. The number of hydrogen-bond donors (Lipinski definition) is 1. The van der Waals surface area contributed by atoms with Crippen molar-refractivity contribution >= 4 is 45.7 Å². The largest absolute Gasteiger partial charge is 0.352 e. The van der Waals surface area contributed by atoms with Gasteiger partial charge >= 0.3 is 0 Å². The van der Waals surface area contributed by atoms with E-state index < -0.39 is 5.54 Å². The van der Waals surface area contributed by atoms with Crippen molar-refractivity contribution in [2.75, 3.05) is 31.1 Å². The van der Waals surface area contributed by atoms with Crippen molar-refractivity contribution in [3.05, 3.63) is 17.8 Å². The monoisotopic (exact) mass is 369 g/mol. The molecule has 1 amide bonds. The molecule has 1 saturated heterocycles. The Morgan fingerprint density at radius 1 is 1.33 bits per heavy atom. The van der Waals surface area contributed by atoms with Gasteiger partial charge in [-0.05, 0) is 24.8 Å². The molecule has 0 spiro atoms. The molecule has 1 unspecified atom stereocenters. The van der Waals surface area contributed by atoms with Crippen LogP contribution in [-0.2, 0) is 4.79 Å². The van der Waals surface area contributed by atoms with Crippen LogP contribution in [0.3, 0.4) is 0 Å². The first-order valence-corrected chi connectivity index (χ1v) is 8.92. The first-order valence-electron chi connectivity index (χ1n) is 8.04. The van der Waals surface area contributed by atoms with Gasteiger partial charge in [-0.1, -0.05) is 13.3 Å². The summed E-state index contributed by atoms with van der Waals surface area (Å²) >= 11 is 1.66. The van der Waals surface area contributed by atoms with Crippen LogP contribution < -0.4 is 10.6 Å². The normalized spacial score (nSPS) is 17.5. The Balaban J connectivity index is 0.00000208. The number of rotatable bonds is 4. The Kier molecular flexibility index (Phi) is 6.01. The predicted molar refractivity (Wildman–Crippen MR) is 101 cm³/mol. The van der Waals surface area contributed by atoms with E-state index in [2.05, 4.69) is 21.8 Å². The standard InChI is InChI=1S/C16H23N5OS.ClH/c1-3-5-16(2,17)15(22)21-8-6-20(7-9-21)14-13-12(4-10-23-13)18-11-19-14;/h4,10-11H,3,5-9,17H2,1-2H3;1H. The number of piperazine rings is 1. The number of carbonyl (C=O) groups excluding carboxylic acids is 1. The van der Waals surface area contributed by atoms with Crippen molar-refractivity contribution in [3.8, 4) is 0 Å². The molecule has 8 heteroatoms. The molecule has 2 aromatic heterocycles. The fourth-order valence-corrected chi connectivity index (χ4v) is 3.97. The molecule has 0 aliphatic carbocycles. The zero-order chi connectivity index (χ0) is 16.4. The van der Waals surface area contributed by atoms with E-state index in [1.807, 2.05) is 23.3 Å². The summed E-state index contributed by atoms with van der Waals surface area (Å²) in [5.41, 5.74) is 6.41. The smallest absolute Gasteiger partial charge is 0.242 e. The second-order valence-electron chi connectivity index (χ2n) is 6.28. The third-order valence-electron chi connectivity index (χ3n) is 4.35. The first kappa shape index (κ1) is 18.9. The molecule has 1 aliphatic heterocycles. The highest BCUT2D eigenvalue weighted by atomic mass is 35.5. The molecular weight excluding hydrogens is 346 g/mol. The maximum Gasteiger partial charge on any atom is 0.242 e. The molecule has 24 heavy (non-hydrogen) atoms. The van der Waals surface area contributed by atoms with Gasteiger partial charge in [-0.25, -0.2) is 9.97 Å². The van der Waals surface area contributed by atoms with Crippen molar-refractivity contribution in [2.24, 2.45) is 5.73 Å². The maximum atomic E-state index is 12.6. The minimum Gasteiger partial charge on any atom is -0.352 e. The molecule has 0 saturated carbocycles. The number of carbonyl (C=O) groups is 1. The van der Waals surface area contributed by atoms with E-state index in [4.69, 9.17) is 5.73 Å². The van der Waals surface area contributed by atoms with E-state index in [9.17, 15) is 4.79 Å². The summed E-state index contributed by atoms with van der Waals surface area (Å²) in [6.07, 6.45) is 3.24. The van der Waals surface area contributed by atoms with Crippen LogP contribution in [0.4, 0.5) is 5.82 Å². The minimum atomic E-state index is -0.757. The average molecular weight is 370 g/mol. The number of thiophene rings is 1. The van der Waals surface area contributed by atoms with E-state index in [1.165, 1.54) is 0 Å². The summed E-state index contributed by atoms with van der Waals surface area (Å²) < 4.78 is 1.11. The van der Waals surface area contributed by atoms with E-state index >= 15 is 0 Å². The van der Waals surface area contributed by atoms with Crippen molar-refractivity contribution < 1.29 is 4.79 Å². The van der Waals surface area contributed by atoms with Gasteiger partial charge in [-0.3, -0.25) is 4.79 Å². The van der Waals surface area contributed by atoms with Gasteiger partial charge in [0, 0.05) is 26.2 Å². The molecule has 2 aromatic rings. The molecule has 0 bridgehead atoms. The number of nitrogens with zero attached hydrogens (tertiary/aromatic N) is 4. The van der Waals surface area contributed by atoms with Gasteiger partial charge in [-0.15, -0.1) is 23.7 Å². The molecule has 6 nitrogen and oxygen atoms in total. The highest BCUT2D eigenvalue weighted by molar-refractivity contribution is 7.17. The van der Waals surface area contributed by atoms with Crippen LogP contribution in [-0.4, -0.2) is 52.5 Å². The Labute approximate surface area is 152 Å². The maximum absolute atomic E-state index is 12.6. The van der Waals surface area contributed by atoms with Gasteiger partial charge in [0.15, 0.2) is 0 Å². The van der Waals surface area contributed by atoms with E-state index in [0.717, 1.165) is 35.5 Å². The first-order chi connectivity index (χ1) is 11.0. The third kappa shape index (κ3) is 3.63. The molecule has 0 radical (unpaired) electrons. The van der Waals surface area contributed by atoms with Crippen molar-refractivity contribution in [3.63, 3.8) is 0 Å². The molecule has 3 heterocycles. The third-order valence-corrected chi connectivity index (χ3v) is 5.25. The van der Waals surface area contributed by atoms with Crippen molar-refractivity contribution in [1.82, 2.24) is 14.9 Å². The summed E-state index contributed by atoms with van der Waals surface area (Å²) in [6, 6.07) is 2.01. The van der Waals surface area contributed by atoms with Gasteiger partial charge in [0.2, 0.25) is 5.91 Å². The van der Waals surface area contributed by atoms with E-state index in [1.54, 1.807) is 17.7 Å². The zero-order valence-electron chi connectivity index (χ0n) is 14.1. The lowest BCUT2D eigenvalue weighted by Gasteiger charge is -2.39. The molecule has 3 rings (SSSR count). The number of hydrogen-bond acceptors (Lipinski definition) is 6. The van der Waals surface area contributed by atoms with E-state index in [0.29, 0.717) is 19.5 Å². The van der Waals surface area contributed by atoms with Crippen molar-refractivity contribution in [2.45, 2.75) is 32.2 Å². The number of aromatic nitrogens is 2. The zero-order valence-corrected chi connectivity index (χ0v) is 15.7. The summed E-state index contributed by atoms with van der Waals surface area (Å²) in [5, 5.41) is 2.03. The Hall–Kier alpha value is -1.44. The highest BCUT2D eigenvalue weighted by Crippen LogP contribution is 2.28. The molecular formula is C16H24ClN5OS. The predicted octanol–water partition coefficient (Wildman–Crippen LogP) is 2.28. The summed E-state index contributed by atoms with van der Waals surface area (Å²) in [6.45, 7) is 6.82. The topological polar surface area (TPSA) is 75.4 Å². The number of amides is 1. The van der Waals surface area contributed by atoms with Crippen LogP contribution in [0.2, 0.25) is 0 Å². The van der Waals surface area contributed by atoms with Gasteiger partial charge in [0.1, 0.15) is 12.1 Å². The van der Waals surface area contributed by atoms with Crippen LogP contribution in [0.25, 0.3) is 10.2 Å². The van der Waals surface area contributed by atoms with Crippen molar-refractivity contribution in [1.29, 1.82) is 0 Å².